The molecule has 8 heteroatoms. The van der Waals surface area contributed by atoms with Crippen LogP contribution in [0, 0.1) is 0 Å². The molecule has 2 heterocycles. The van der Waals surface area contributed by atoms with Gasteiger partial charge in [-0.3, -0.25) is 24.1 Å². The molecule has 2 aromatic rings. The summed E-state index contributed by atoms with van der Waals surface area (Å²) in [5.41, 5.74) is 7.75. The Morgan fingerprint density at radius 3 is 2.27 bits per heavy atom. The summed E-state index contributed by atoms with van der Waals surface area (Å²) >= 11 is 0. The summed E-state index contributed by atoms with van der Waals surface area (Å²) in [7, 11) is 1.41. The van der Waals surface area contributed by atoms with E-state index in [0.717, 1.165) is 42.9 Å². The Kier molecular flexibility index (Phi) is 4.99. The Hall–Kier alpha value is -3.68. The number of hydrogen-bond acceptors (Lipinski definition) is 5. The zero-order valence-electron chi connectivity index (χ0n) is 16.6. The lowest BCUT2D eigenvalue weighted by Gasteiger charge is -2.30. The smallest absolute Gasteiger partial charge is 0.261 e. The predicted molar refractivity (Wildman–Crippen MR) is 112 cm³/mol. The molecule has 0 radical (unpaired) electrons. The van der Waals surface area contributed by atoms with Gasteiger partial charge in [0.2, 0.25) is 5.91 Å². The molecular formula is C22H22N4O4. The van der Waals surface area contributed by atoms with Crippen molar-refractivity contribution < 1.29 is 19.2 Å². The molecule has 0 atom stereocenters. The summed E-state index contributed by atoms with van der Waals surface area (Å²) in [6, 6.07) is 9.43. The first kappa shape index (κ1) is 19.6. The van der Waals surface area contributed by atoms with Crippen molar-refractivity contribution in [2.75, 3.05) is 30.4 Å². The number of nitrogens with zero attached hydrogens (tertiary/aromatic N) is 2. The molecule has 2 aromatic carbocycles. The van der Waals surface area contributed by atoms with E-state index in [1.807, 2.05) is 0 Å². The van der Waals surface area contributed by atoms with E-state index >= 15 is 0 Å². The van der Waals surface area contributed by atoms with Crippen molar-refractivity contribution >= 4 is 35.0 Å². The molecule has 0 spiro atoms. The molecule has 8 nitrogen and oxygen atoms in total. The fraction of sp³-hybridized carbons (Fsp3) is 0.273. The molecule has 0 aliphatic carbocycles. The fourth-order valence-electron chi connectivity index (χ4n) is 3.90. The number of rotatable bonds is 4. The molecular weight excluding hydrogens is 384 g/mol. The lowest BCUT2D eigenvalue weighted by molar-refractivity contribution is 0.0692. The minimum atomic E-state index is -0.583. The molecule has 4 amide bonds. The van der Waals surface area contributed by atoms with Crippen LogP contribution in [-0.2, 0) is 0 Å². The first-order valence-electron chi connectivity index (χ1n) is 9.83. The molecule has 0 unspecified atom stereocenters. The number of imide groups is 1. The first-order valence-corrected chi connectivity index (χ1v) is 9.83. The van der Waals surface area contributed by atoms with E-state index in [4.69, 9.17) is 5.73 Å². The highest BCUT2D eigenvalue weighted by molar-refractivity contribution is 6.22. The van der Waals surface area contributed by atoms with Crippen LogP contribution < -0.4 is 16.0 Å². The summed E-state index contributed by atoms with van der Waals surface area (Å²) < 4.78 is 0. The second-order valence-electron chi connectivity index (χ2n) is 7.53. The lowest BCUT2D eigenvalue weighted by atomic mass is 10.0. The largest absolute Gasteiger partial charge is 0.370 e. The Labute approximate surface area is 173 Å². The number of benzene rings is 2. The van der Waals surface area contributed by atoms with Gasteiger partial charge in [-0.05, 0) is 55.7 Å². The third-order valence-electron chi connectivity index (χ3n) is 5.58. The standard InChI is InChI=1S/C22H22N4O4/c1-25-21(29)15-7-5-14(11-16(15)22(25)30)20(28)24-17-12-13(19(23)27)6-8-18(17)26-9-3-2-4-10-26/h5-8,11-12H,2-4,9-10H2,1H3,(H2,23,27)(H,24,28). The third-order valence-corrected chi connectivity index (χ3v) is 5.58. The number of amides is 4. The maximum atomic E-state index is 12.9. The molecule has 0 bridgehead atoms. The summed E-state index contributed by atoms with van der Waals surface area (Å²) in [5, 5.41) is 2.85. The molecule has 2 aliphatic rings. The molecule has 0 aromatic heterocycles. The summed E-state index contributed by atoms with van der Waals surface area (Å²) in [5.74, 6) is -1.84. The SMILES string of the molecule is CN1C(=O)c2ccc(C(=O)Nc3cc(C(N)=O)ccc3N3CCCCC3)cc2C1=O. The van der Waals surface area contributed by atoms with Gasteiger partial charge in [0.25, 0.3) is 17.7 Å². The molecule has 1 fully saturated rings. The molecule has 3 N–H and O–H groups in total. The van der Waals surface area contributed by atoms with Gasteiger partial charge in [0.05, 0.1) is 22.5 Å². The molecule has 4 rings (SSSR count). The van der Waals surface area contributed by atoms with Crippen LogP contribution in [0.4, 0.5) is 11.4 Å². The molecule has 1 saturated heterocycles. The Morgan fingerprint density at radius 2 is 1.57 bits per heavy atom. The van der Waals surface area contributed by atoms with E-state index in [0.29, 0.717) is 11.3 Å². The van der Waals surface area contributed by atoms with Gasteiger partial charge in [0.1, 0.15) is 0 Å². The van der Waals surface area contributed by atoms with Crippen molar-refractivity contribution in [1.82, 2.24) is 4.90 Å². The zero-order valence-corrected chi connectivity index (χ0v) is 16.6. The van der Waals surface area contributed by atoms with Crippen molar-refractivity contribution in [2.24, 2.45) is 5.73 Å². The van der Waals surface area contributed by atoms with Gasteiger partial charge in [-0.2, -0.15) is 0 Å². The van der Waals surface area contributed by atoms with E-state index in [2.05, 4.69) is 10.2 Å². The molecule has 0 saturated carbocycles. The van der Waals surface area contributed by atoms with Gasteiger partial charge in [0, 0.05) is 31.3 Å². The number of anilines is 2. The van der Waals surface area contributed by atoms with Crippen LogP contribution in [0.3, 0.4) is 0 Å². The number of carbonyl (C=O) groups excluding carboxylic acids is 4. The second kappa shape index (κ2) is 7.62. The van der Waals surface area contributed by atoms with E-state index in [9.17, 15) is 19.2 Å². The predicted octanol–water partition coefficient (Wildman–Crippen LogP) is 2.25. The van der Waals surface area contributed by atoms with Crippen LogP contribution >= 0.6 is 0 Å². The number of primary amides is 1. The number of nitrogens with one attached hydrogen (secondary N) is 1. The van der Waals surface area contributed by atoms with Gasteiger partial charge in [-0.1, -0.05) is 0 Å². The average Bonchev–Trinajstić information content (AvgIpc) is 2.98. The fourth-order valence-corrected chi connectivity index (χ4v) is 3.90. The highest BCUT2D eigenvalue weighted by atomic mass is 16.2. The number of fused-ring (bicyclic) bond motifs is 1. The quantitative estimate of drug-likeness (QED) is 0.756. The maximum Gasteiger partial charge on any atom is 0.261 e. The highest BCUT2D eigenvalue weighted by Crippen LogP contribution is 2.30. The van der Waals surface area contributed by atoms with Gasteiger partial charge in [-0.25, -0.2) is 0 Å². The van der Waals surface area contributed by atoms with E-state index in [-0.39, 0.29) is 22.6 Å². The highest BCUT2D eigenvalue weighted by Gasteiger charge is 2.33. The monoisotopic (exact) mass is 406 g/mol. The second-order valence-corrected chi connectivity index (χ2v) is 7.53. The molecule has 2 aliphatic heterocycles. The van der Waals surface area contributed by atoms with Crippen molar-refractivity contribution in [3.63, 3.8) is 0 Å². The maximum absolute atomic E-state index is 12.9. The first-order chi connectivity index (χ1) is 14.4. The van der Waals surface area contributed by atoms with Crippen LogP contribution in [0.1, 0.15) is 60.7 Å². The van der Waals surface area contributed by atoms with E-state index < -0.39 is 17.7 Å². The Balaban J connectivity index is 1.66. The minimum Gasteiger partial charge on any atom is -0.370 e. The number of hydrogen-bond donors (Lipinski definition) is 2. The van der Waals surface area contributed by atoms with Gasteiger partial charge >= 0.3 is 0 Å². The van der Waals surface area contributed by atoms with Crippen LogP contribution in [-0.4, -0.2) is 48.7 Å². The average molecular weight is 406 g/mol. The third kappa shape index (κ3) is 3.41. The van der Waals surface area contributed by atoms with E-state index in [1.165, 1.54) is 25.2 Å². The van der Waals surface area contributed by atoms with Crippen LogP contribution in [0.5, 0.6) is 0 Å². The number of nitrogens with two attached hydrogens (primary N) is 1. The number of carbonyl (C=O) groups is 4. The van der Waals surface area contributed by atoms with Gasteiger partial charge in [-0.15, -0.1) is 0 Å². The Morgan fingerprint density at radius 1 is 0.900 bits per heavy atom. The molecule has 30 heavy (non-hydrogen) atoms. The minimum absolute atomic E-state index is 0.206. The van der Waals surface area contributed by atoms with Crippen molar-refractivity contribution in [2.45, 2.75) is 19.3 Å². The van der Waals surface area contributed by atoms with Gasteiger partial charge < -0.3 is 16.0 Å². The number of piperidine rings is 1. The topological polar surface area (TPSA) is 113 Å². The normalized spacial score (nSPS) is 15.9. The lowest BCUT2D eigenvalue weighted by Crippen LogP contribution is -2.30. The molecule has 154 valence electrons. The van der Waals surface area contributed by atoms with Crippen LogP contribution in [0.25, 0.3) is 0 Å². The summed E-state index contributed by atoms with van der Waals surface area (Å²) in [6.07, 6.45) is 3.27. The van der Waals surface area contributed by atoms with Gasteiger partial charge in [0.15, 0.2) is 0 Å². The zero-order chi connectivity index (χ0) is 21.4. The van der Waals surface area contributed by atoms with Crippen molar-refractivity contribution in [3.8, 4) is 0 Å². The van der Waals surface area contributed by atoms with Crippen molar-refractivity contribution in [1.29, 1.82) is 0 Å². The summed E-state index contributed by atoms with van der Waals surface area (Å²) in [4.78, 5) is 52.1. The van der Waals surface area contributed by atoms with Crippen LogP contribution in [0.15, 0.2) is 36.4 Å². The Bertz CT molecular complexity index is 1070. The van der Waals surface area contributed by atoms with Crippen LogP contribution in [0.2, 0.25) is 0 Å². The van der Waals surface area contributed by atoms with Crippen molar-refractivity contribution in [3.05, 3.63) is 58.7 Å². The van der Waals surface area contributed by atoms with E-state index in [1.54, 1.807) is 18.2 Å². The summed E-state index contributed by atoms with van der Waals surface area (Å²) in [6.45, 7) is 1.72.